The molecule has 3 rings (SSSR count). The number of rotatable bonds is 7. The van der Waals surface area contributed by atoms with Gasteiger partial charge in [-0.3, -0.25) is 24.7 Å². The zero-order valence-electron chi connectivity index (χ0n) is 18.7. The molecule has 0 bridgehead atoms. The highest BCUT2D eigenvalue weighted by molar-refractivity contribution is 5.98. The van der Waals surface area contributed by atoms with Crippen LogP contribution in [0.1, 0.15) is 37.7 Å². The summed E-state index contributed by atoms with van der Waals surface area (Å²) in [5.41, 5.74) is 1.50. The average molecular weight is 446 g/mol. The summed E-state index contributed by atoms with van der Waals surface area (Å²) in [6.45, 7) is 3.36. The molecule has 174 valence electrons. The summed E-state index contributed by atoms with van der Waals surface area (Å²) in [4.78, 5) is 44.3. The van der Waals surface area contributed by atoms with Gasteiger partial charge in [0, 0.05) is 30.2 Å². The lowest BCUT2D eigenvalue weighted by molar-refractivity contribution is -0.463. The number of methoxy groups -OCH3 is 1. The maximum absolute atomic E-state index is 13.1. The van der Waals surface area contributed by atoms with E-state index in [0.29, 0.717) is 24.4 Å². The van der Waals surface area contributed by atoms with Crippen LogP contribution in [0.15, 0.2) is 23.2 Å². The maximum atomic E-state index is 13.1. The van der Waals surface area contributed by atoms with E-state index in [9.17, 15) is 19.7 Å². The van der Waals surface area contributed by atoms with Crippen molar-refractivity contribution in [3.8, 4) is 5.75 Å². The van der Waals surface area contributed by atoms with E-state index < -0.39 is 17.5 Å². The second kappa shape index (κ2) is 10.9. The van der Waals surface area contributed by atoms with Crippen molar-refractivity contribution in [2.75, 3.05) is 45.2 Å². The number of nitrogens with zero attached hydrogens (tertiary/aromatic N) is 4. The Kier molecular flexibility index (Phi) is 8.02. The molecule has 2 heterocycles. The fraction of sp³-hybridized carbons (Fsp3) is 0.591. The predicted octanol–water partition coefficient (Wildman–Crippen LogP) is 2.09. The van der Waals surface area contributed by atoms with Gasteiger partial charge in [-0.2, -0.15) is 0 Å². The van der Waals surface area contributed by atoms with Crippen LogP contribution in [0.5, 0.6) is 5.75 Å². The van der Waals surface area contributed by atoms with E-state index in [1.54, 1.807) is 29.0 Å². The maximum Gasteiger partial charge on any atom is 0.260 e. The van der Waals surface area contributed by atoms with Gasteiger partial charge in [-0.05, 0) is 62.8 Å². The normalized spacial score (nSPS) is 19.6. The van der Waals surface area contributed by atoms with E-state index in [1.807, 2.05) is 13.0 Å². The topological polar surface area (TPSA) is 117 Å². The Labute approximate surface area is 187 Å². The first-order valence-corrected chi connectivity index (χ1v) is 11.0. The molecule has 32 heavy (non-hydrogen) atoms. The van der Waals surface area contributed by atoms with Crippen molar-refractivity contribution in [3.63, 3.8) is 0 Å². The fourth-order valence-corrected chi connectivity index (χ4v) is 4.14. The third-order valence-corrected chi connectivity index (χ3v) is 5.81. The van der Waals surface area contributed by atoms with Crippen molar-refractivity contribution in [2.24, 2.45) is 4.99 Å². The van der Waals surface area contributed by atoms with Crippen molar-refractivity contribution in [1.29, 1.82) is 0 Å². The van der Waals surface area contributed by atoms with Crippen LogP contribution in [0.2, 0.25) is 0 Å². The third kappa shape index (κ3) is 6.18. The molecule has 1 aromatic rings. The first-order chi connectivity index (χ1) is 15.4. The zero-order valence-corrected chi connectivity index (χ0v) is 18.7. The van der Waals surface area contributed by atoms with Crippen LogP contribution in [-0.2, 0) is 9.59 Å². The third-order valence-electron chi connectivity index (χ3n) is 5.81. The minimum Gasteiger partial charge on any atom is -0.496 e. The van der Waals surface area contributed by atoms with E-state index in [4.69, 9.17) is 4.74 Å². The van der Waals surface area contributed by atoms with Crippen LogP contribution in [0.25, 0.3) is 0 Å². The smallest absolute Gasteiger partial charge is 0.260 e. The van der Waals surface area contributed by atoms with Crippen LogP contribution in [-0.4, -0.2) is 78.2 Å². The molecule has 10 nitrogen and oxygen atoms in total. The number of amides is 2. The molecular formula is C22H31N5O5. The first kappa shape index (κ1) is 23.5. The summed E-state index contributed by atoms with van der Waals surface area (Å²) in [5.74, 6) is 0.535. The number of nitro groups is 1. The fourth-order valence-electron chi connectivity index (χ4n) is 4.14. The van der Waals surface area contributed by atoms with Crippen LogP contribution < -0.4 is 10.1 Å². The number of ether oxygens (including phenoxy) is 1. The molecule has 0 aliphatic carbocycles. The molecule has 0 spiro atoms. The summed E-state index contributed by atoms with van der Waals surface area (Å²) >= 11 is 0. The minimum atomic E-state index is -0.745. The lowest BCUT2D eigenvalue weighted by Gasteiger charge is -2.25. The number of aliphatic imine (C=N–C) groups is 1. The summed E-state index contributed by atoms with van der Waals surface area (Å²) in [6, 6.07) is 4.58. The number of hydrogen-bond acceptors (Lipinski definition) is 6. The molecule has 2 aliphatic rings. The molecule has 1 N–H and O–H groups in total. The number of aryl methyl sites for hydroxylation is 1. The van der Waals surface area contributed by atoms with Crippen LogP contribution in [0.3, 0.4) is 0 Å². The van der Waals surface area contributed by atoms with E-state index in [2.05, 4.69) is 10.3 Å². The van der Waals surface area contributed by atoms with E-state index in [1.165, 1.54) is 0 Å². The van der Waals surface area contributed by atoms with Gasteiger partial charge in [0.15, 0.2) is 5.84 Å². The number of likely N-dealkylation sites (tertiary alicyclic amines) is 2. The molecule has 2 fully saturated rings. The highest BCUT2D eigenvalue weighted by Gasteiger charge is 2.30. The highest BCUT2D eigenvalue weighted by atomic mass is 16.6. The summed E-state index contributed by atoms with van der Waals surface area (Å²) in [5, 5.41) is 14.2. The molecule has 2 aliphatic heterocycles. The zero-order chi connectivity index (χ0) is 23.1. The van der Waals surface area contributed by atoms with Crippen molar-refractivity contribution in [3.05, 3.63) is 33.9 Å². The molecule has 10 heteroatoms. The van der Waals surface area contributed by atoms with Crippen molar-refractivity contribution in [2.45, 2.75) is 45.1 Å². The van der Waals surface area contributed by atoms with Gasteiger partial charge in [-0.25, -0.2) is 0 Å². The molecule has 0 saturated carbocycles. The minimum absolute atomic E-state index is 0.0422. The standard InChI is InChI=1S/C22H31N5O5/c1-16-13-17(8-9-19(16)32-2)23-20(14-27(30)31)24-18-7-3-4-12-26(22(18)29)15-21(28)25-10-5-6-11-25/h8-9,13,18H,3-7,10-12,14-15H2,1-2H3,(H,23,24)/t18-/m0/s1. The van der Waals surface area contributed by atoms with Crippen LogP contribution in [0.4, 0.5) is 5.69 Å². The second-order valence-corrected chi connectivity index (χ2v) is 8.24. The Balaban J connectivity index is 1.76. The Morgan fingerprint density at radius 3 is 2.62 bits per heavy atom. The van der Waals surface area contributed by atoms with Gasteiger partial charge in [0.25, 0.3) is 6.54 Å². The van der Waals surface area contributed by atoms with E-state index >= 15 is 0 Å². The molecule has 2 saturated heterocycles. The van der Waals surface area contributed by atoms with Crippen molar-refractivity contribution in [1.82, 2.24) is 9.80 Å². The quantitative estimate of drug-likeness (QED) is 0.297. The lowest BCUT2D eigenvalue weighted by atomic mass is 10.1. The molecular weight excluding hydrogens is 414 g/mol. The number of benzene rings is 1. The number of amidine groups is 1. The Morgan fingerprint density at radius 2 is 1.97 bits per heavy atom. The summed E-state index contributed by atoms with van der Waals surface area (Å²) < 4.78 is 5.25. The first-order valence-electron chi connectivity index (χ1n) is 11.0. The molecule has 2 amide bonds. The number of hydrogen-bond donors (Lipinski definition) is 1. The van der Waals surface area contributed by atoms with Gasteiger partial charge in [-0.1, -0.05) is 0 Å². The summed E-state index contributed by atoms with van der Waals surface area (Å²) in [6.07, 6.45) is 4.03. The van der Waals surface area contributed by atoms with E-state index in [-0.39, 0.29) is 24.2 Å². The Hall–Kier alpha value is -3.17. The monoisotopic (exact) mass is 445 g/mol. The largest absolute Gasteiger partial charge is 0.496 e. The molecule has 0 aromatic heterocycles. The van der Waals surface area contributed by atoms with Crippen LogP contribution in [0, 0.1) is 17.0 Å². The molecule has 0 radical (unpaired) electrons. The van der Waals surface area contributed by atoms with Crippen molar-refractivity contribution < 1.29 is 19.2 Å². The van der Waals surface area contributed by atoms with Crippen LogP contribution >= 0.6 is 0 Å². The lowest BCUT2D eigenvalue weighted by Crippen LogP contribution is -2.45. The van der Waals surface area contributed by atoms with Gasteiger partial charge in [-0.15, -0.1) is 0 Å². The van der Waals surface area contributed by atoms with Gasteiger partial charge in [0.1, 0.15) is 11.8 Å². The van der Waals surface area contributed by atoms with Gasteiger partial charge in [0.05, 0.1) is 13.7 Å². The number of anilines is 1. The van der Waals surface area contributed by atoms with Gasteiger partial charge in [0.2, 0.25) is 11.8 Å². The molecule has 1 atom stereocenters. The molecule has 0 unspecified atom stereocenters. The molecule has 1 aromatic carbocycles. The Bertz CT molecular complexity index is 881. The van der Waals surface area contributed by atoms with Gasteiger partial charge >= 0.3 is 0 Å². The SMILES string of the molecule is COc1ccc(NC(C[N+](=O)[O-])=N[C@H]2CCCCN(CC(=O)N3CCCC3)C2=O)cc1C. The predicted molar refractivity (Wildman–Crippen MR) is 121 cm³/mol. The highest BCUT2D eigenvalue weighted by Crippen LogP contribution is 2.22. The average Bonchev–Trinajstić information content (AvgIpc) is 3.23. The summed E-state index contributed by atoms with van der Waals surface area (Å²) in [7, 11) is 1.58. The number of carbonyl (C=O) groups is 2. The number of carbonyl (C=O) groups excluding carboxylic acids is 2. The van der Waals surface area contributed by atoms with Gasteiger partial charge < -0.3 is 19.9 Å². The second-order valence-electron chi connectivity index (χ2n) is 8.24. The van der Waals surface area contributed by atoms with Crippen molar-refractivity contribution >= 4 is 23.3 Å². The van der Waals surface area contributed by atoms with E-state index in [0.717, 1.165) is 44.3 Å². The Morgan fingerprint density at radius 1 is 1.25 bits per heavy atom. The number of nitrogens with one attached hydrogen (secondary N) is 1.